The molecular formula is C30H31ClFN7O2. The maximum atomic E-state index is 14.7. The third-order valence-corrected chi connectivity index (χ3v) is 7.92. The van der Waals surface area contributed by atoms with E-state index in [1.54, 1.807) is 29.8 Å². The fraction of sp³-hybridized carbons (Fsp3) is 0.333. The summed E-state index contributed by atoms with van der Waals surface area (Å²) in [7, 11) is 1.80. The molecule has 41 heavy (non-hydrogen) atoms. The molecule has 0 aliphatic carbocycles. The van der Waals surface area contributed by atoms with Gasteiger partial charge in [-0.1, -0.05) is 17.7 Å². The van der Waals surface area contributed by atoms with Crippen LogP contribution in [0.3, 0.4) is 0 Å². The zero-order valence-corrected chi connectivity index (χ0v) is 24.0. The highest BCUT2D eigenvalue weighted by molar-refractivity contribution is 6.29. The number of ether oxygens (including phenoxy) is 1. The van der Waals surface area contributed by atoms with Gasteiger partial charge in [0.25, 0.3) is 5.56 Å². The number of pyridine rings is 3. The molecule has 1 fully saturated rings. The van der Waals surface area contributed by atoms with E-state index in [1.807, 2.05) is 30.8 Å². The number of halogens is 2. The molecule has 0 amide bonds. The van der Waals surface area contributed by atoms with Gasteiger partial charge in [-0.15, -0.1) is 0 Å². The third kappa shape index (κ3) is 5.18. The molecule has 1 atom stereocenters. The first-order valence-corrected chi connectivity index (χ1v) is 14.0. The summed E-state index contributed by atoms with van der Waals surface area (Å²) in [6.45, 7) is 8.72. The van der Waals surface area contributed by atoms with Crippen LogP contribution in [0.1, 0.15) is 24.1 Å². The number of rotatable bonds is 7. The van der Waals surface area contributed by atoms with E-state index in [-0.39, 0.29) is 16.8 Å². The summed E-state index contributed by atoms with van der Waals surface area (Å²) >= 11 is 6.21. The SMILES string of the molecule is Cc1cc(C(C)Nc2ccc(Cl)nc2-c2ccncc2F)c2c(c1)c(=O)n(C)c1c2cnn1CCN1CCOCC1. The molecule has 4 aromatic heterocycles. The second-order valence-corrected chi connectivity index (χ2v) is 10.8. The molecule has 1 saturated heterocycles. The summed E-state index contributed by atoms with van der Waals surface area (Å²) in [6, 6.07) is 8.78. The van der Waals surface area contributed by atoms with Crippen molar-refractivity contribution in [2.75, 3.05) is 38.2 Å². The molecular weight excluding hydrogens is 545 g/mol. The van der Waals surface area contributed by atoms with Crippen LogP contribution in [0.25, 0.3) is 33.1 Å². The minimum atomic E-state index is -0.492. The van der Waals surface area contributed by atoms with Crippen LogP contribution < -0.4 is 10.9 Å². The zero-order chi connectivity index (χ0) is 28.7. The number of aromatic nitrogens is 5. The van der Waals surface area contributed by atoms with E-state index in [9.17, 15) is 9.18 Å². The van der Waals surface area contributed by atoms with Gasteiger partial charge in [0.05, 0.1) is 43.5 Å². The molecule has 212 valence electrons. The van der Waals surface area contributed by atoms with Gasteiger partial charge < -0.3 is 10.1 Å². The van der Waals surface area contributed by atoms with Gasteiger partial charge >= 0.3 is 0 Å². The quantitative estimate of drug-likeness (QED) is 0.275. The minimum Gasteiger partial charge on any atom is -0.379 e. The summed E-state index contributed by atoms with van der Waals surface area (Å²) < 4.78 is 23.8. The van der Waals surface area contributed by atoms with Crippen LogP contribution in [-0.2, 0) is 18.3 Å². The van der Waals surface area contributed by atoms with Crippen LogP contribution in [-0.4, -0.2) is 62.1 Å². The Kier molecular flexibility index (Phi) is 7.46. The van der Waals surface area contributed by atoms with Crippen molar-refractivity contribution in [3.63, 3.8) is 0 Å². The van der Waals surface area contributed by atoms with Crippen molar-refractivity contribution in [3.8, 4) is 11.3 Å². The molecule has 1 aromatic carbocycles. The van der Waals surface area contributed by atoms with E-state index >= 15 is 0 Å². The van der Waals surface area contributed by atoms with Gasteiger partial charge in [-0.2, -0.15) is 5.10 Å². The molecule has 0 radical (unpaired) electrons. The first-order valence-electron chi connectivity index (χ1n) is 13.6. The Morgan fingerprint density at radius 2 is 1.93 bits per heavy atom. The summed E-state index contributed by atoms with van der Waals surface area (Å²) in [5.41, 5.74) is 3.90. The molecule has 0 spiro atoms. The van der Waals surface area contributed by atoms with E-state index in [0.717, 1.165) is 66.6 Å². The first kappa shape index (κ1) is 27.3. The van der Waals surface area contributed by atoms with Gasteiger partial charge in [-0.05, 0) is 49.2 Å². The number of anilines is 1. The second-order valence-electron chi connectivity index (χ2n) is 10.5. The first-order chi connectivity index (χ1) is 19.8. The summed E-state index contributed by atoms with van der Waals surface area (Å²) in [6.07, 6.45) is 4.53. The van der Waals surface area contributed by atoms with Crippen LogP contribution in [0.4, 0.5) is 10.1 Å². The molecule has 6 rings (SSSR count). The summed E-state index contributed by atoms with van der Waals surface area (Å²) in [5, 5.41) is 10.9. The molecule has 0 bridgehead atoms. The van der Waals surface area contributed by atoms with Crippen molar-refractivity contribution in [2.24, 2.45) is 7.05 Å². The van der Waals surface area contributed by atoms with Gasteiger partial charge in [0.2, 0.25) is 0 Å². The van der Waals surface area contributed by atoms with E-state index < -0.39 is 5.82 Å². The molecule has 0 saturated carbocycles. The number of aryl methyl sites for hydroxylation is 2. The molecule has 5 heterocycles. The monoisotopic (exact) mass is 575 g/mol. The van der Waals surface area contributed by atoms with Gasteiger partial charge in [0, 0.05) is 60.6 Å². The van der Waals surface area contributed by atoms with Crippen molar-refractivity contribution in [1.82, 2.24) is 29.2 Å². The topological polar surface area (TPSA) is 90.1 Å². The highest BCUT2D eigenvalue weighted by Gasteiger charge is 2.22. The van der Waals surface area contributed by atoms with Crippen LogP contribution in [0, 0.1) is 12.7 Å². The number of morpholine rings is 1. The van der Waals surface area contributed by atoms with Crippen molar-refractivity contribution in [1.29, 1.82) is 0 Å². The maximum absolute atomic E-state index is 14.7. The predicted molar refractivity (Wildman–Crippen MR) is 159 cm³/mol. The predicted octanol–water partition coefficient (Wildman–Crippen LogP) is 4.95. The van der Waals surface area contributed by atoms with Crippen LogP contribution in [0.2, 0.25) is 5.15 Å². The molecule has 1 aliphatic heterocycles. The largest absolute Gasteiger partial charge is 0.379 e. The summed E-state index contributed by atoms with van der Waals surface area (Å²) in [5.74, 6) is -0.492. The van der Waals surface area contributed by atoms with Crippen LogP contribution >= 0.6 is 11.6 Å². The normalized spacial score (nSPS) is 15.0. The standard InChI is InChI=1S/C30H31ClFN7O2/c1-18-14-21(19(2)35-25-4-5-26(31)36-28(25)20-6-7-33-17-24(20)32)27-22(15-18)30(40)37(3)29-23(27)16-34-39(29)9-8-38-10-12-41-13-11-38/h4-7,14-17,19,35H,8-13H2,1-3H3. The van der Waals surface area contributed by atoms with E-state index in [1.165, 1.54) is 6.20 Å². The Bertz CT molecular complexity index is 1810. The van der Waals surface area contributed by atoms with Gasteiger partial charge in [-0.25, -0.2) is 14.1 Å². The average molecular weight is 576 g/mol. The Morgan fingerprint density at radius 1 is 1.12 bits per heavy atom. The fourth-order valence-electron chi connectivity index (χ4n) is 5.67. The van der Waals surface area contributed by atoms with Crippen molar-refractivity contribution < 1.29 is 9.13 Å². The number of benzene rings is 1. The average Bonchev–Trinajstić information content (AvgIpc) is 3.40. The molecule has 1 unspecified atom stereocenters. The molecule has 1 aliphatic rings. The summed E-state index contributed by atoms with van der Waals surface area (Å²) in [4.78, 5) is 24.3. The molecule has 1 N–H and O–H groups in total. The Morgan fingerprint density at radius 3 is 2.71 bits per heavy atom. The maximum Gasteiger partial charge on any atom is 0.259 e. The Labute approximate surface area is 241 Å². The number of hydrogen-bond donors (Lipinski definition) is 1. The lowest BCUT2D eigenvalue weighted by Gasteiger charge is -2.26. The number of fused-ring (bicyclic) bond motifs is 3. The number of nitrogens with zero attached hydrogens (tertiary/aromatic N) is 6. The highest BCUT2D eigenvalue weighted by Crippen LogP contribution is 2.35. The van der Waals surface area contributed by atoms with Gasteiger partial charge in [0.15, 0.2) is 5.82 Å². The molecule has 11 heteroatoms. The van der Waals surface area contributed by atoms with E-state index in [0.29, 0.717) is 28.9 Å². The van der Waals surface area contributed by atoms with Gasteiger partial charge in [0.1, 0.15) is 10.8 Å². The van der Waals surface area contributed by atoms with Crippen molar-refractivity contribution >= 4 is 39.1 Å². The van der Waals surface area contributed by atoms with Gasteiger partial charge in [-0.3, -0.25) is 19.2 Å². The van der Waals surface area contributed by atoms with Crippen LogP contribution in [0.15, 0.2) is 53.7 Å². The second kappa shape index (κ2) is 11.2. The fourth-order valence-corrected chi connectivity index (χ4v) is 5.82. The Hall–Kier alpha value is -3.86. The Balaban J connectivity index is 1.44. The van der Waals surface area contributed by atoms with Crippen molar-refractivity contribution in [2.45, 2.75) is 26.4 Å². The zero-order valence-electron chi connectivity index (χ0n) is 23.2. The highest BCUT2D eigenvalue weighted by atomic mass is 35.5. The molecule has 5 aromatic rings. The lowest BCUT2D eigenvalue weighted by Crippen LogP contribution is -2.38. The number of hydrogen-bond acceptors (Lipinski definition) is 7. The smallest absolute Gasteiger partial charge is 0.259 e. The van der Waals surface area contributed by atoms with Crippen molar-refractivity contribution in [3.05, 3.63) is 81.4 Å². The third-order valence-electron chi connectivity index (χ3n) is 7.71. The van der Waals surface area contributed by atoms with E-state index in [2.05, 4.69) is 26.3 Å². The van der Waals surface area contributed by atoms with E-state index in [4.69, 9.17) is 21.4 Å². The van der Waals surface area contributed by atoms with Crippen LogP contribution in [0.5, 0.6) is 0 Å². The minimum absolute atomic E-state index is 0.0783. The lowest BCUT2D eigenvalue weighted by atomic mass is 9.95. The molecule has 9 nitrogen and oxygen atoms in total. The number of nitrogens with one attached hydrogen (secondary N) is 1. The lowest BCUT2D eigenvalue weighted by molar-refractivity contribution is 0.0361.